The maximum atomic E-state index is 12.2. The van der Waals surface area contributed by atoms with Gasteiger partial charge in [-0.25, -0.2) is 9.59 Å². The van der Waals surface area contributed by atoms with E-state index in [2.05, 4.69) is 21.3 Å². The molecular formula is C20H32N4O6. The molecule has 2 unspecified atom stereocenters. The number of aliphatic carboxylic acids is 2. The summed E-state index contributed by atoms with van der Waals surface area (Å²) in [5.74, 6) is -2.27. The molecule has 1 heterocycles. The molecule has 1 fully saturated rings. The molecule has 0 spiro atoms. The Labute approximate surface area is 176 Å². The van der Waals surface area contributed by atoms with Crippen LogP contribution in [0.1, 0.15) is 38.5 Å². The van der Waals surface area contributed by atoms with Crippen molar-refractivity contribution in [2.24, 2.45) is 0 Å². The van der Waals surface area contributed by atoms with E-state index < -0.39 is 24.0 Å². The fraction of sp³-hybridized carbons (Fsp3) is 0.600. The standard InChI is InChI=1S/C20H32N4O6/c25-17(26)9-5-13-21-11-3-1-7-15-19(29)24-16(20(30)23-15)8-2-4-12-22-14-6-10-18(27)28/h5-6,9-10,15-16,21-22H,1-4,7-8,11-14H2,(H,23,30)(H,24,29)(H,25,26)(H,27,28). The Hall–Kier alpha value is -2.72. The number of nitrogens with one attached hydrogen (secondary N) is 4. The number of rotatable bonds is 16. The molecule has 2 atom stereocenters. The van der Waals surface area contributed by atoms with Crippen LogP contribution >= 0.6 is 0 Å². The van der Waals surface area contributed by atoms with Crippen LogP contribution in [0.4, 0.5) is 0 Å². The first-order valence-electron chi connectivity index (χ1n) is 10.2. The number of carbonyl (C=O) groups is 4. The SMILES string of the molecule is O=C(O)C=CCNCCCCC1NC(=O)C(CCCCNCC=CC(=O)O)NC1=O. The molecule has 1 rings (SSSR count). The number of carboxylic acid groups (broad SMARTS) is 2. The maximum absolute atomic E-state index is 12.2. The molecule has 0 aliphatic carbocycles. The van der Waals surface area contributed by atoms with E-state index in [1.165, 1.54) is 12.2 Å². The lowest BCUT2D eigenvalue weighted by atomic mass is 10.0. The van der Waals surface area contributed by atoms with Crippen LogP contribution in [0.25, 0.3) is 0 Å². The van der Waals surface area contributed by atoms with Crippen LogP contribution in [0.5, 0.6) is 0 Å². The second-order valence-corrected chi connectivity index (χ2v) is 7.00. The van der Waals surface area contributed by atoms with Gasteiger partial charge in [0.05, 0.1) is 0 Å². The zero-order valence-corrected chi connectivity index (χ0v) is 17.1. The summed E-state index contributed by atoms with van der Waals surface area (Å²) in [4.78, 5) is 45.1. The van der Waals surface area contributed by atoms with Crippen LogP contribution in [-0.4, -0.2) is 72.2 Å². The molecule has 0 aromatic heterocycles. The van der Waals surface area contributed by atoms with Crippen molar-refractivity contribution in [1.29, 1.82) is 0 Å². The number of piperazine rings is 1. The van der Waals surface area contributed by atoms with Gasteiger partial charge in [0.2, 0.25) is 11.8 Å². The van der Waals surface area contributed by atoms with Gasteiger partial charge in [0.25, 0.3) is 0 Å². The molecule has 0 aromatic rings. The van der Waals surface area contributed by atoms with Crippen molar-refractivity contribution in [2.75, 3.05) is 26.2 Å². The lowest BCUT2D eigenvalue weighted by molar-refractivity contribution is -0.137. The van der Waals surface area contributed by atoms with E-state index >= 15 is 0 Å². The number of carboxylic acids is 2. The summed E-state index contributed by atoms with van der Waals surface area (Å²) in [6.45, 7) is 2.36. The highest BCUT2D eigenvalue weighted by Crippen LogP contribution is 2.10. The first-order chi connectivity index (χ1) is 14.4. The molecule has 1 saturated heterocycles. The van der Waals surface area contributed by atoms with Crippen molar-refractivity contribution in [3.8, 4) is 0 Å². The van der Waals surface area contributed by atoms with Gasteiger partial charge in [0.1, 0.15) is 12.1 Å². The average molecular weight is 424 g/mol. The second kappa shape index (κ2) is 15.2. The molecule has 30 heavy (non-hydrogen) atoms. The molecule has 10 nitrogen and oxygen atoms in total. The van der Waals surface area contributed by atoms with Gasteiger partial charge < -0.3 is 31.5 Å². The van der Waals surface area contributed by atoms with Crippen molar-refractivity contribution >= 4 is 23.8 Å². The third kappa shape index (κ3) is 12.0. The minimum absolute atomic E-state index is 0.158. The number of unbranched alkanes of at least 4 members (excludes halogenated alkanes) is 2. The first-order valence-corrected chi connectivity index (χ1v) is 10.2. The molecule has 1 aliphatic rings. The van der Waals surface area contributed by atoms with Gasteiger partial charge in [-0.15, -0.1) is 0 Å². The lowest BCUT2D eigenvalue weighted by Crippen LogP contribution is -2.61. The maximum Gasteiger partial charge on any atom is 0.328 e. The lowest BCUT2D eigenvalue weighted by Gasteiger charge is -2.29. The third-order valence-corrected chi connectivity index (χ3v) is 4.50. The van der Waals surface area contributed by atoms with Gasteiger partial charge >= 0.3 is 11.9 Å². The molecule has 0 radical (unpaired) electrons. The quantitative estimate of drug-likeness (QED) is 0.147. The Balaban J connectivity index is 2.11. The van der Waals surface area contributed by atoms with Crippen molar-refractivity contribution < 1.29 is 29.4 Å². The monoisotopic (exact) mass is 424 g/mol. The summed E-state index contributed by atoms with van der Waals surface area (Å²) >= 11 is 0. The van der Waals surface area contributed by atoms with Crippen LogP contribution in [-0.2, 0) is 19.2 Å². The predicted octanol–water partition coefficient (Wildman–Crippen LogP) is -0.229. The molecule has 0 aromatic carbocycles. The molecule has 168 valence electrons. The van der Waals surface area contributed by atoms with Gasteiger partial charge in [-0.2, -0.15) is 0 Å². The highest BCUT2D eigenvalue weighted by Gasteiger charge is 2.32. The van der Waals surface area contributed by atoms with Crippen molar-refractivity contribution in [2.45, 2.75) is 50.6 Å². The van der Waals surface area contributed by atoms with Gasteiger partial charge in [-0.1, -0.05) is 12.2 Å². The molecule has 0 bridgehead atoms. The Morgan fingerprint density at radius 3 is 1.53 bits per heavy atom. The molecular weight excluding hydrogens is 392 g/mol. The van der Waals surface area contributed by atoms with Crippen LogP contribution in [0.3, 0.4) is 0 Å². The molecule has 0 saturated carbocycles. The van der Waals surface area contributed by atoms with E-state index in [9.17, 15) is 19.2 Å². The summed E-state index contributed by atoms with van der Waals surface area (Å²) in [7, 11) is 0. The van der Waals surface area contributed by atoms with E-state index in [1.807, 2.05) is 0 Å². The smallest absolute Gasteiger partial charge is 0.328 e. The number of carbonyl (C=O) groups excluding carboxylic acids is 2. The van der Waals surface area contributed by atoms with Gasteiger partial charge in [0, 0.05) is 25.2 Å². The van der Waals surface area contributed by atoms with E-state index in [1.54, 1.807) is 0 Å². The zero-order valence-electron chi connectivity index (χ0n) is 17.1. The van der Waals surface area contributed by atoms with E-state index in [4.69, 9.17) is 10.2 Å². The molecule has 6 N–H and O–H groups in total. The molecule has 10 heteroatoms. The second-order valence-electron chi connectivity index (χ2n) is 7.00. The minimum Gasteiger partial charge on any atom is -0.478 e. The highest BCUT2D eigenvalue weighted by atomic mass is 16.4. The minimum atomic E-state index is -0.976. The Morgan fingerprint density at radius 1 is 0.767 bits per heavy atom. The first kappa shape index (κ1) is 25.3. The number of hydrogen-bond donors (Lipinski definition) is 6. The number of amides is 2. The summed E-state index contributed by atoms with van der Waals surface area (Å²) in [6.07, 6.45) is 9.52. The Bertz CT molecular complexity index is 581. The fourth-order valence-corrected chi connectivity index (χ4v) is 2.97. The largest absolute Gasteiger partial charge is 0.478 e. The van der Waals surface area contributed by atoms with E-state index in [0.29, 0.717) is 39.0 Å². The van der Waals surface area contributed by atoms with Crippen LogP contribution in [0.2, 0.25) is 0 Å². The third-order valence-electron chi connectivity index (χ3n) is 4.50. The van der Waals surface area contributed by atoms with Gasteiger partial charge in [-0.05, 0) is 51.6 Å². The molecule has 2 amide bonds. The van der Waals surface area contributed by atoms with Gasteiger partial charge in [-0.3, -0.25) is 9.59 Å². The van der Waals surface area contributed by atoms with Crippen LogP contribution in [0, 0.1) is 0 Å². The Morgan fingerprint density at radius 2 is 1.17 bits per heavy atom. The van der Waals surface area contributed by atoms with Crippen molar-refractivity contribution in [1.82, 2.24) is 21.3 Å². The molecule has 1 aliphatic heterocycles. The fourth-order valence-electron chi connectivity index (χ4n) is 2.97. The number of hydrogen-bond acceptors (Lipinski definition) is 6. The summed E-state index contributed by atoms with van der Waals surface area (Å²) < 4.78 is 0. The highest BCUT2D eigenvalue weighted by molar-refractivity contribution is 5.96. The van der Waals surface area contributed by atoms with Crippen LogP contribution in [0.15, 0.2) is 24.3 Å². The van der Waals surface area contributed by atoms with Crippen LogP contribution < -0.4 is 21.3 Å². The van der Waals surface area contributed by atoms with Crippen molar-refractivity contribution in [3.63, 3.8) is 0 Å². The van der Waals surface area contributed by atoms with Crippen molar-refractivity contribution in [3.05, 3.63) is 24.3 Å². The predicted molar refractivity (Wildman–Crippen MR) is 111 cm³/mol. The summed E-state index contributed by atoms with van der Waals surface area (Å²) in [6, 6.07) is -1.02. The van der Waals surface area contributed by atoms with E-state index in [-0.39, 0.29) is 11.8 Å². The summed E-state index contributed by atoms with van der Waals surface area (Å²) in [5, 5.41) is 28.7. The van der Waals surface area contributed by atoms with Gasteiger partial charge in [0.15, 0.2) is 0 Å². The average Bonchev–Trinajstić information content (AvgIpc) is 2.68. The normalized spacial score (nSPS) is 19.2. The summed E-state index contributed by atoms with van der Waals surface area (Å²) in [5.41, 5.74) is 0. The topological polar surface area (TPSA) is 157 Å². The zero-order chi connectivity index (χ0) is 22.2. The van der Waals surface area contributed by atoms with E-state index in [0.717, 1.165) is 37.8 Å². The Kier molecular flexibility index (Phi) is 12.8.